The Balaban J connectivity index is 1.72. The molecule has 19 heavy (non-hydrogen) atoms. The molecule has 0 radical (unpaired) electrons. The summed E-state index contributed by atoms with van der Waals surface area (Å²) in [5, 5.41) is 11.6. The Labute approximate surface area is 111 Å². The van der Waals surface area contributed by atoms with Crippen LogP contribution in [0.25, 0.3) is 0 Å². The van der Waals surface area contributed by atoms with Crippen LogP contribution in [0.3, 0.4) is 0 Å². The van der Waals surface area contributed by atoms with E-state index in [0.29, 0.717) is 6.54 Å². The van der Waals surface area contributed by atoms with Crippen LogP contribution in [-0.2, 0) is 4.79 Å². The molecule has 1 fully saturated rings. The van der Waals surface area contributed by atoms with Crippen molar-refractivity contribution in [3.8, 4) is 0 Å². The van der Waals surface area contributed by atoms with Crippen LogP contribution < -0.4 is 5.32 Å². The first-order valence-electron chi connectivity index (χ1n) is 6.44. The lowest BCUT2D eigenvalue weighted by Gasteiger charge is -2.21. The van der Waals surface area contributed by atoms with Crippen LogP contribution in [0, 0.1) is 0 Å². The molecule has 1 saturated carbocycles. The van der Waals surface area contributed by atoms with E-state index in [9.17, 15) is 9.59 Å². The standard InChI is InChI=1S/C13H18N2O4/c16-8-7-15(10-3-4-10)12(17)5-6-14-13(18)11-2-1-9-19-11/h1-2,9-10,16H,3-8H2,(H,14,18). The van der Waals surface area contributed by atoms with Crippen molar-refractivity contribution >= 4 is 11.8 Å². The monoisotopic (exact) mass is 266 g/mol. The third-order valence-electron chi connectivity index (χ3n) is 3.02. The second-order valence-corrected chi connectivity index (χ2v) is 4.53. The van der Waals surface area contributed by atoms with Crippen molar-refractivity contribution in [3.63, 3.8) is 0 Å². The van der Waals surface area contributed by atoms with Crippen LogP contribution in [0.2, 0.25) is 0 Å². The van der Waals surface area contributed by atoms with Crippen molar-refractivity contribution in [3.05, 3.63) is 24.2 Å². The Morgan fingerprint density at radius 1 is 1.47 bits per heavy atom. The number of rotatable bonds is 7. The lowest BCUT2D eigenvalue weighted by Crippen LogP contribution is -2.37. The number of aliphatic hydroxyl groups is 1. The number of carbonyl (C=O) groups excluding carboxylic acids is 2. The fourth-order valence-electron chi connectivity index (χ4n) is 1.93. The summed E-state index contributed by atoms with van der Waals surface area (Å²) in [6, 6.07) is 3.48. The number of nitrogens with zero attached hydrogens (tertiary/aromatic N) is 1. The Kier molecular flexibility index (Phi) is 4.57. The summed E-state index contributed by atoms with van der Waals surface area (Å²) in [6.07, 6.45) is 3.67. The predicted octanol–water partition coefficient (Wildman–Crippen LogP) is 0.383. The molecule has 2 amide bonds. The molecule has 1 heterocycles. The van der Waals surface area contributed by atoms with E-state index in [4.69, 9.17) is 9.52 Å². The van der Waals surface area contributed by atoms with E-state index >= 15 is 0 Å². The van der Waals surface area contributed by atoms with Gasteiger partial charge in [-0.15, -0.1) is 0 Å². The van der Waals surface area contributed by atoms with Gasteiger partial charge in [0.15, 0.2) is 5.76 Å². The van der Waals surface area contributed by atoms with E-state index in [1.807, 2.05) is 0 Å². The summed E-state index contributed by atoms with van der Waals surface area (Å²) in [5.74, 6) is -0.115. The molecule has 0 saturated heterocycles. The molecule has 2 rings (SSSR count). The van der Waals surface area contributed by atoms with Gasteiger partial charge in [-0.3, -0.25) is 9.59 Å². The number of amides is 2. The summed E-state index contributed by atoms with van der Waals surface area (Å²) in [4.78, 5) is 25.2. The zero-order valence-electron chi connectivity index (χ0n) is 10.7. The average Bonchev–Trinajstić information content (AvgIpc) is 3.08. The minimum atomic E-state index is -0.321. The van der Waals surface area contributed by atoms with Crippen LogP contribution in [0.15, 0.2) is 22.8 Å². The lowest BCUT2D eigenvalue weighted by atomic mass is 10.3. The molecule has 6 heteroatoms. The highest BCUT2D eigenvalue weighted by atomic mass is 16.3. The van der Waals surface area contributed by atoms with Gasteiger partial charge in [-0.1, -0.05) is 0 Å². The molecule has 1 aromatic rings. The van der Waals surface area contributed by atoms with Gasteiger partial charge in [-0.25, -0.2) is 0 Å². The molecular weight excluding hydrogens is 248 g/mol. The molecule has 0 aromatic carbocycles. The van der Waals surface area contributed by atoms with Gasteiger partial charge >= 0.3 is 0 Å². The van der Waals surface area contributed by atoms with Crippen molar-refractivity contribution in [2.45, 2.75) is 25.3 Å². The number of hydrogen-bond donors (Lipinski definition) is 2. The second-order valence-electron chi connectivity index (χ2n) is 4.53. The van der Waals surface area contributed by atoms with Crippen LogP contribution in [0.1, 0.15) is 29.8 Å². The molecule has 104 valence electrons. The predicted molar refractivity (Wildman–Crippen MR) is 67.5 cm³/mol. The third kappa shape index (κ3) is 3.82. The van der Waals surface area contributed by atoms with Gasteiger partial charge < -0.3 is 19.7 Å². The molecule has 1 aliphatic rings. The van der Waals surface area contributed by atoms with Crippen molar-refractivity contribution in [2.75, 3.05) is 19.7 Å². The minimum Gasteiger partial charge on any atom is -0.459 e. The maximum atomic E-state index is 11.9. The van der Waals surface area contributed by atoms with E-state index in [2.05, 4.69) is 5.32 Å². The van der Waals surface area contributed by atoms with Gasteiger partial charge in [0.05, 0.1) is 12.9 Å². The first kappa shape index (κ1) is 13.6. The SMILES string of the molecule is O=C(NCCC(=O)N(CCO)C1CC1)c1ccco1. The fraction of sp³-hybridized carbons (Fsp3) is 0.538. The Morgan fingerprint density at radius 3 is 2.84 bits per heavy atom. The van der Waals surface area contributed by atoms with E-state index in [-0.39, 0.29) is 43.2 Å². The maximum Gasteiger partial charge on any atom is 0.286 e. The Bertz CT molecular complexity index is 426. The largest absolute Gasteiger partial charge is 0.459 e. The van der Waals surface area contributed by atoms with E-state index in [1.54, 1.807) is 17.0 Å². The van der Waals surface area contributed by atoms with Gasteiger partial charge in [0.25, 0.3) is 5.91 Å². The molecule has 6 nitrogen and oxygen atoms in total. The highest BCUT2D eigenvalue weighted by molar-refractivity contribution is 5.91. The molecular formula is C13H18N2O4. The number of hydrogen-bond acceptors (Lipinski definition) is 4. The lowest BCUT2D eigenvalue weighted by molar-refractivity contribution is -0.132. The van der Waals surface area contributed by atoms with E-state index in [1.165, 1.54) is 6.26 Å². The van der Waals surface area contributed by atoms with Crippen molar-refractivity contribution in [1.82, 2.24) is 10.2 Å². The first-order valence-corrected chi connectivity index (χ1v) is 6.44. The quantitative estimate of drug-likeness (QED) is 0.747. The smallest absolute Gasteiger partial charge is 0.286 e. The van der Waals surface area contributed by atoms with E-state index < -0.39 is 0 Å². The van der Waals surface area contributed by atoms with Crippen LogP contribution in [0.4, 0.5) is 0 Å². The molecule has 1 aromatic heterocycles. The zero-order chi connectivity index (χ0) is 13.7. The maximum absolute atomic E-state index is 11.9. The molecule has 1 aliphatic carbocycles. The Morgan fingerprint density at radius 2 is 2.26 bits per heavy atom. The second kappa shape index (κ2) is 6.38. The third-order valence-corrected chi connectivity index (χ3v) is 3.02. The molecule has 0 spiro atoms. The van der Waals surface area contributed by atoms with Crippen molar-refractivity contribution in [1.29, 1.82) is 0 Å². The summed E-state index contributed by atoms with van der Waals surface area (Å²) in [5.41, 5.74) is 0. The molecule has 0 atom stereocenters. The first-order chi connectivity index (χ1) is 9.22. The van der Waals surface area contributed by atoms with Gasteiger partial charge in [0.1, 0.15) is 0 Å². The minimum absolute atomic E-state index is 0.0268. The van der Waals surface area contributed by atoms with Gasteiger partial charge in [-0.05, 0) is 25.0 Å². The number of carbonyl (C=O) groups is 2. The summed E-state index contributed by atoms with van der Waals surface area (Å²) in [7, 11) is 0. The van der Waals surface area contributed by atoms with Gasteiger partial charge in [-0.2, -0.15) is 0 Å². The molecule has 0 bridgehead atoms. The fourth-order valence-corrected chi connectivity index (χ4v) is 1.93. The number of furan rings is 1. The zero-order valence-corrected chi connectivity index (χ0v) is 10.7. The van der Waals surface area contributed by atoms with Crippen LogP contribution >= 0.6 is 0 Å². The topological polar surface area (TPSA) is 82.8 Å². The molecule has 2 N–H and O–H groups in total. The van der Waals surface area contributed by atoms with Gasteiger partial charge in [0.2, 0.25) is 5.91 Å². The normalized spacial score (nSPS) is 14.2. The summed E-state index contributed by atoms with van der Waals surface area (Å²) >= 11 is 0. The summed E-state index contributed by atoms with van der Waals surface area (Å²) < 4.78 is 4.95. The van der Waals surface area contributed by atoms with Crippen LogP contribution in [0.5, 0.6) is 0 Å². The summed E-state index contributed by atoms with van der Waals surface area (Å²) in [6.45, 7) is 0.615. The van der Waals surface area contributed by atoms with Gasteiger partial charge in [0, 0.05) is 25.6 Å². The number of aliphatic hydroxyl groups excluding tert-OH is 1. The van der Waals surface area contributed by atoms with Crippen molar-refractivity contribution < 1.29 is 19.1 Å². The molecule has 0 aliphatic heterocycles. The molecule has 0 unspecified atom stereocenters. The highest BCUT2D eigenvalue weighted by Crippen LogP contribution is 2.26. The van der Waals surface area contributed by atoms with Crippen molar-refractivity contribution in [2.24, 2.45) is 0 Å². The average molecular weight is 266 g/mol. The van der Waals surface area contributed by atoms with E-state index in [0.717, 1.165) is 12.8 Å². The number of nitrogens with one attached hydrogen (secondary N) is 1. The highest BCUT2D eigenvalue weighted by Gasteiger charge is 2.31. The van der Waals surface area contributed by atoms with Crippen LogP contribution in [-0.4, -0.2) is 47.6 Å². The Hall–Kier alpha value is -1.82.